The van der Waals surface area contributed by atoms with Crippen molar-refractivity contribution in [2.45, 2.75) is 11.9 Å². The summed E-state index contributed by atoms with van der Waals surface area (Å²) in [5.41, 5.74) is 2.26. The minimum absolute atomic E-state index is 0.0140. The highest BCUT2D eigenvalue weighted by atomic mass is 32.2. The van der Waals surface area contributed by atoms with E-state index in [0.717, 1.165) is 42.7 Å². The van der Waals surface area contributed by atoms with Gasteiger partial charge in [-0.05, 0) is 55.5 Å². The fourth-order valence-electron chi connectivity index (χ4n) is 3.55. The van der Waals surface area contributed by atoms with Gasteiger partial charge in [-0.25, -0.2) is 14.4 Å². The molecule has 2 aromatic carbocycles. The first-order valence-electron chi connectivity index (χ1n) is 10.6. The van der Waals surface area contributed by atoms with Crippen LogP contribution in [0.15, 0.2) is 66.0 Å². The number of carbonyl (C=O) groups is 2. The van der Waals surface area contributed by atoms with E-state index in [0.29, 0.717) is 11.3 Å². The van der Waals surface area contributed by atoms with Crippen LogP contribution in [0.5, 0.6) is 0 Å². The number of aromatic nitrogens is 2. The van der Waals surface area contributed by atoms with Gasteiger partial charge in [0.05, 0.1) is 5.75 Å². The molecule has 0 atom stereocenters. The Morgan fingerprint density at radius 1 is 0.970 bits per heavy atom. The number of nitrogens with one attached hydrogen (secondary N) is 1. The number of benzene rings is 2. The van der Waals surface area contributed by atoms with Crippen LogP contribution in [0.3, 0.4) is 0 Å². The number of halogens is 1. The number of amides is 1. The van der Waals surface area contributed by atoms with E-state index < -0.39 is 0 Å². The predicted molar refractivity (Wildman–Crippen MR) is 129 cm³/mol. The van der Waals surface area contributed by atoms with Gasteiger partial charge in [-0.2, -0.15) is 0 Å². The number of hydrogen-bond acceptors (Lipinski definition) is 7. The average molecular weight is 466 g/mol. The topological polar surface area (TPSA) is 78.4 Å². The van der Waals surface area contributed by atoms with Crippen molar-refractivity contribution in [2.75, 3.05) is 47.0 Å². The standard InChI is InChI=1S/C24H24FN5O2S/c1-17(31)18-2-6-20(7-3-18)28-23(32)15-33-24-14-22(26-16-27-24)30-12-10-29(11-13-30)21-8-4-19(25)5-9-21/h2-9,14,16H,10-13,15H2,1H3,(H,28,32). The maximum Gasteiger partial charge on any atom is 0.234 e. The third kappa shape index (κ3) is 6.07. The monoisotopic (exact) mass is 465 g/mol. The predicted octanol–water partition coefficient (Wildman–Crippen LogP) is 3.88. The van der Waals surface area contributed by atoms with Gasteiger partial charge in [0.15, 0.2) is 5.78 Å². The first kappa shape index (κ1) is 22.7. The van der Waals surface area contributed by atoms with E-state index in [4.69, 9.17) is 0 Å². The third-order valence-electron chi connectivity index (χ3n) is 5.35. The number of rotatable bonds is 7. The average Bonchev–Trinajstić information content (AvgIpc) is 2.84. The Morgan fingerprint density at radius 3 is 2.30 bits per heavy atom. The lowest BCUT2D eigenvalue weighted by molar-refractivity contribution is -0.113. The molecular formula is C24H24FN5O2S. The summed E-state index contributed by atoms with van der Waals surface area (Å²) < 4.78 is 13.2. The van der Waals surface area contributed by atoms with Crippen molar-refractivity contribution in [3.8, 4) is 0 Å². The molecule has 0 radical (unpaired) electrons. The molecule has 1 saturated heterocycles. The molecule has 0 aliphatic carbocycles. The van der Waals surface area contributed by atoms with Crippen molar-refractivity contribution in [2.24, 2.45) is 0 Å². The van der Waals surface area contributed by atoms with Crippen LogP contribution < -0.4 is 15.1 Å². The van der Waals surface area contributed by atoms with E-state index in [2.05, 4.69) is 25.1 Å². The summed E-state index contributed by atoms with van der Waals surface area (Å²) in [7, 11) is 0. The molecule has 4 rings (SSSR count). The maximum atomic E-state index is 13.2. The largest absolute Gasteiger partial charge is 0.368 e. The molecular weight excluding hydrogens is 441 g/mol. The summed E-state index contributed by atoms with van der Waals surface area (Å²) in [6, 6.07) is 15.3. The van der Waals surface area contributed by atoms with E-state index in [-0.39, 0.29) is 23.3 Å². The van der Waals surface area contributed by atoms with Crippen molar-refractivity contribution in [3.05, 3.63) is 72.3 Å². The zero-order valence-electron chi connectivity index (χ0n) is 18.2. The summed E-state index contributed by atoms with van der Waals surface area (Å²) in [5, 5.41) is 3.55. The molecule has 1 aliphatic heterocycles. The van der Waals surface area contributed by atoms with E-state index in [9.17, 15) is 14.0 Å². The molecule has 1 amide bonds. The second-order valence-electron chi connectivity index (χ2n) is 7.64. The fraction of sp³-hybridized carbons (Fsp3) is 0.250. The zero-order chi connectivity index (χ0) is 23.2. The smallest absolute Gasteiger partial charge is 0.234 e. The molecule has 0 saturated carbocycles. The normalized spacial score (nSPS) is 13.6. The van der Waals surface area contributed by atoms with Gasteiger partial charge >= 0.3 is 0 Å². The maximum absolute atomic E-state index is 13.2. The molecule has 1 aromatic heterocycles. The van der Waals surface area contributed by atoms with Crippen LogP contribution in [0.4, 0.5) is 21.6 Å². The quantitative estimate of drug-likeness (QED) is 0.322. The van der Waals surface area contributed by atoms with Gasteiger partial charge in [0.2, 0.25) is 5.91 Å². The molecule has 33 heavy (non-hydrogen) atoms. The molecule has 1 aliphatic rings. The Labute approximate surface area is 196 Å². The molecule has 1 fully saturated rings. The van der Waals surface area contributed by atoms with E-state index in [1.807, 2.05) is 6.07 Å². The van der Waals surface area contributed by atoms with Crippen LogP contribution in [0.25, 0.3) is 0 Å². The van der Waals surface area contributed by atoms with Crippen LogP contribution in [-0.2, 0) is 4.79 Å². The van der Waals surface area contributed by atoms with E-state index in [1.54, 1.807) is 36.4 Å². The Kier molecular flexibility index (Phi) is 7.19. The van der Waals surface area contributed by atoms with Crippen molar-refractivity contribution >= 4 is 40.6 Å². The SMILES string of the molecule is CC(=O)c1ccc(NC(=O)CSc2cc(N3CCN(c4ccc(F)cc4)CC3)ncn2)cc1. The number of thioether (sulfide) groups is 1. The molecule has 170 valence electrons. The van der Waals surface area contributed by atoms with Crippen LogP contribution in [0, 0.1) is 5.82 Å². The fourth-order valence-corrected chi connectivity index (χ4v) is 4.21. The molecule has 0 unspecified atom stereocenters. The van der Waals surface area contributed by atoms with Crippen molar-refractivity contribution < 1.29 is 14.0 Å². The number of anilines is 3. The van der Waals surface area contributed by atoms with Crippen LogP contribution in [-0.4, -0.2) is 53.6 Å². The number of Topliss-reactive ketones (excluding diaryl/α,β-unsaturated/α-hetero) is 1. The van der Waals surface area contributed by atoms with Crippen LogP contribution in [0.2, 0.25) is 0 Å². The van der Waals surface area contributed by atoms with Gasteiger partial charge in [0.1, 0.15) is 23.0 Å². The number of carbonyl (C=O) groups excluding carboxylic acids is 2. The highest BCUT2D eigenvalue weighted by molar-refractivity contribution is 7.99. The lowest BCUT2D eigenvalue weighted by atomic mass is 10.1. The van der Waals surface area contributed by atoms with Gasteiger partial charge in [-0.1, -0.05) is 11.8 Å². The summed E-state index contributed by atoms with van der Waals surface area (Å²) in [4.78, 5) is 36.7. The number of ketones is 1. The lowest BCUT2D eigenvalue weighted by Crippen LogP contribution is -2.46. The highest BCUT2D eigenvalue weighted by Gasteiger charge is 2.19. The van der Waals surface area contributed by atoms with Gasteiger partial charge < -0.3 is 15.1 Å². The Balaban J connectivity index is 1.28. The van der Waals surface area contributed by atoms with Gasteiger partial charge in [-0.15, -0.1) is 0 Å². The number of hydrogen-bond donors (Lipinski definition) is 1. The Morgan fingerprint density at radius 2 is 1.64 bits per heavy atom. The third-order valence-corrected chi connectivity index (χ3v) is 6.27. The minimum atomic E-state index is -0.233. The van der Waals surface area contributed by atoms with Gasteiger partial charge in [-0.3, -0.25) is 9.59 Å². The van der Waals surface area contributed by atoms with Crippen LogP contribution >= 0.6 is 11.8 Å². The molecule has 0 spiro atoms. The van der Waals surface area contributed by atoms with Crippen molar-refractivity contribution in [3.63, 3.8) is 0 Å². The Hall–Kier alpha value is -3.46. The summed E-state index contributed by atoms with van der Waals surface area (Å²) in [6.07, 6.45) is 1.52. The minimum Gasteiger partial charge on any atom is -0.368 e. The Bertz CT molecular complexity index is 1120. The lowest BCUT2D eigenvalue weighted by Gasteiger charge is -2.36. The first-order chi connectivity index (χ1) is 16.0. The summed E-state index contributed by atoms with van der Waals surface area (Å²) in [5.74, 6) is 0.640. The van der Waals surface area contributed by atoms with Crippen LogP contribution in [0.1, 0.15) is 17.3 Å². The molecule has 1 N–H and O–H groups in total. The summed E-state index contributed by atoms with van der Waals surface area (Å²) in [6.45, 7) is 4.70. The summed E-state index contributed by atoms with van der Waals surface area (Å²) >= 11 is 1.34. The second kappa shape index (κ2) is 10.4. The van der Waals surface area contributed by atoms with Crippen molar-refractivity contribution in [1.29, 1.82) is 0 Å². The van der Waals surface area contributed by atoms with Gasteiger partial charge in [0.25, 0.3) is 0 Å². The molecule has 7 nitrogen and oxygen atoms in total. The second-order valence-corrected chi connectivity index (χ2v) is 8.63. The molecule has 9 heteroatoms. The molecule has 2 heterocycles. The highest BCUT2D eigenvalue weighted by Crippen LogP contribution is 2.23. The first-order valence-corrected chi connectivity index (χ1v) is 11.6. The van der Waals surface area contributed by atoms with E-state index in [1.165, 1.54) is 37.1 Å². The zero-order valence-corrected chi connectivity index (χ0v) is 19.0. The molecule has 0 bridgehead atoms. The molecule has 3 aromatic rings. The van der Waals surface area contributed by atoms with E-state index >= 15 is 0 Å². The number of nitrogens with zero attached hydrogens (tertiary/aromatic N) is 4. The van der Waals surface area contributed by atoms with Gasteiger partial charge in [0, 0.05) is 49.2 Å². The number of piperazine rings is 1. The van der Waals surface area contributed by atoms with Crippen molar-refractivity contribution in [1.82, 2.24) is 9.97 Å².